The molecule has 2 aliphatic rings. The molecular formula is C24H36BN5O4. The van der Waals surface area contributed by atoms with E-state index in [0.717, 1.165) is 44.0 Å². The Hall–Kier alpha value is -2.40. The highest BCUT2D eigenvalue weighted by Gasteiger charge is 2.32. The number of hydrogen-bond acceptors (Lipinski definition) is 8. The van der Waals surface area contributed by atoms with Gasteiger partial charge in [0.15, 0.2) is 0 Å². The molecule has 2 saturated heterocycles. The lowest BCUT2D eigenvalue weighted by atomic mass is 9.78. The molecule has 1 N–H and O–H groups in total. The quantitative estimate of drug-likeness (QED) is 0.613. The molecule has 4 heterocycles. The van der Waals surface area contributed by atoms with Gasteiger partial charge in [-0.1, -0.05) is 0 Å². The second-order valence-corrected chi connectivity index (χ2v) is 10.2. The van der Waals surface area contributed by atoms with E-state index in [2.05, 4.69) is 33.1 Å². The summed E-state index contributed by atoms with van der Waals surface area (Å²) in [6.45, 7) is 12.9. The Balaban J connectivity index is 1.47. The number of aromatic nitrogens is 2. The van der Waals surface area contributed by atoms with Crippen molar-refractivity contribution in [1.82, 2.24) is 14.5 Å². The average Bonchev–Trinajstić information content (AvgIpc) is 2.74. The van der Waals surface area contributed by atoms with Gasteiger partial charge >= 0.3 is 7.12 Å². The zero-order valence-electron chi connectivity index (χ0n) is 21.1. The molecule has 0 saturated carbocycles. The first-order chi connectivity index (χ1) is 16.1. The predicted octanol–water partition coefficient (Wildman–Crippen LogP) is 1.59. The maximum atomic E-state index is 12.8. The van der Waals surface area contributed by atoms with Crippen LogP contribution in [0.1, 0.15) is 27.7 Å². The maximum Gasteiger partial charge on any atom is 0.495 e. The fraction of sp³-hybridized carbons (Fsp3) is 0.583. The van der Waals surface area contributed by atoms with Gasteiger partial charge in [0.25, 0.3) is 5.56 Å². The topological polar surface area (TPSA) is 81.1 Å². The van der Waals surface area contributed by atoms with Crippen LogP contribution in [0, 0.1) is 0 Å². The second-order valence-electron chi connectivity index (χ2n) is 10.2. The van der Waals surface area contributed by atoms with Gasteiger partial charge in [-0.15, -0.1) is 0 Å². The van der Waals surface area contributed by atoms with Crippen molar-refractivity contribution in [2.75, 3.05) is 50.2 Å². The molecule has 0 unspecified atom stereocenters. The first-order valence-electron chi connectivity index (χ1n) is 11.9. The number of anilines is 3. The van der Waals surface area contributed by atoms with Crippen LogP contribution < -0.4 is 21.2 Å². The minimum atomic E-state index is -0.589. The molecule has 2 aromatic rings. The zero-order valence-corrected chi connectivity index (χ0v) is 21.1. The highest BCUT2D eigenvalue weighted by molar-refractivity contribution is 6.61. The number of aryl methyl sites for hydroxylation is 1. The number of rotatable bonds is 7. The van der Waals surface area contributed by atoms with Crippen LogP contribution in [0.3, 0.4) is 0 Å². The van der Waals surface area contributed by atoms with Gasteiger partial charge in [-0.05, 0) is 45.9 Å². The SMILES string of the molecule is COB(OC(C)(C)C)c1cc(Nc2ccc(N3CCN(C4COC4)C[C@@H]3C)cn2)c(=O)n(C)c1. The van der Waals surface area contributed by atoms with E-state index in [4.69, 9.17) is 14.0 Å². The first kappa shape index (κ1) is 24.7. The van der Waals surface area contributed by atoms with E-state index in [-0.39, 0.29) is 5.56 Å². The van der Waals surface area contributed by atoms with Crippen molar-refractivity contribution in [2.45, 2.75) is 45.4 Å². The van der Waals surface area contributed by atoms with Crippen LogP contribution in [0.25, 0.3) is 0 Å². The molecule has 0 aromatic carbocycles. The third-order valence-corrected chi connectivity index (χ3v) is 6.29. The Labute approximate surface area is 202 Å². The highest BCUT2D eigenvalue weighted by Crippen LogP contribution is 2.24. The number of piperazine rings is 1. The van der Waals surface area contributed by atoms with Gasteiger partial charge < -0.3 is 28.8 Å². The molecule has 0 bridgehead atoms. The second kappa shape index (κ2) is 10.1. The van der Waals surface area contributed by atoms with Gasteiger partial charge in [0.1, 0.15) is 11.5 Å². The van der Waals surface area contributed by atoms with Crippen LogP contribution in [0.4, 0.5) is 17.2 Å². The Morgan fingerprint density at radius 1 is 1.24 bits per heavy atom. The molecule has 184 valence electrons. The number of nitrogens with one attached hydrogen (secondary N) is 1. The lowest BCUT2D eigenvalue weighted by molar-refractivity contribution is -0.0691. The fourth-order valence-electron chi connectivity index (χ4n) is 4.43. The molecular weight excluding hydrogens is 433 g/mol. The monoisotopic (exact) mass is 469 g/mol. The summed E-state index contributed by atoms with van der Waals surface area (Å²) < 4.78 is 18.4. The third kappa shape index (κ3) is 5.63. The van der Waals surface area contributed by atoms with Crippen molar-refractivity contribution < 1.29 is 14.0 Å². The van der Waals surface area contributed by atoms with Gasteiger partial charge in [0.2, 0.25) is 0 Å². The summed E-state index contributed by atoms with van der Waals surface area (Å²) in [7, 11) is 2.72. The minimum Gasteiger partial charge on any atom is -0.410 e. The first-order valence-corrected chi connectivity index (χ1v) is 11.9. The minimum absolute atomic E-state index is 0.148. The van der Waals surface area contributed by atoms with Gasteiger partial charge in [0.05, 0.1) is 31.1 Å². The van der Waals surface area contributed by atoms with Gasteiger partial charge in [-0.3, -0.25) is 9.69 Å². The molecule has 9 nitrogen and oxygen atoms in total. The van der Waals surface area contributed by atoms with Crippen LogP contribution in [-0.4, -0.2) is 79.2 Å². The Kier molecular flexibility index (Phi) is 7.32. The molecule has 2 aromatic heterocycles. The molecule has 4 rings (SSSR count). The molecule has 0 aliphatic carbocycles. The van der Waals surface area contributed by atoms with Gasteiger partial charge in [0, 0.05) is 57.1 Å². The molecule has 0 amide bonds. The molecule has 10 heteroatoms. The van der Waals surface area contributed by atoms with Crippen LogP contribution in [0.15, 0.2) is 35.4 Å². The predicted molar refractivity (Wildman–Crippen MR) is 135 cm³/mol. The highest BCUT2D eigenvalue weighted by atomic mass is 16.6. The number of nitrogens with zero attached hydrogens (tertiary/aromatic N) is 4. The molecule has 0 spiro atoms. The van der Waals surface area contributed by atoms with E-state index >= 15 is 0 Å². The van der Waals surface area contributed by atoms with E-state index < -0.39 is 12.7 Å². The summed E-state index contributed by atoms with van der Waals surface area (Å²) in [5, 5.41) is 3.18. The van der Waals surface area contributed by atoms with E-state index in [0.29, 0.717) is 23.6 Å². The summed E-state index contributed by atoms with van der Waals surface area (Å²) in [5.74, 6) is 0.613. The van der Waals surface area contributed by atoms with E-state index in [1.807, 2.05) is 33.0 Å². The molecule has 0 radical (unpaired) electrons. The normalized spacial score (nSPS) is 19.7. The average molecular weight is 469 g/mol. The maximum absolute atomic E-state index is 12.8. The summed E-state index contributed by atoms with van der Waals surface area (Å²) >= 11 is 0. The Morgan fingerprint density at radius 2 is 2.00 bits per heavy atom. The number of hydrogen-bond donors (Lipinski definition) is 1. The Morgan fingerprint density at radius 3 is 2.56 bits per heavy atom. The van der Waals surface area contributed by atoms with Crippen LogP contribution in [0.5, 0.6) is 0 Å². The molecule has 2 aliphatic heterocycles. The van der Waals surface area contributed by atoms with Crippen molar-refractivity contribution in [3.05, 3.63) is 40.9 Å². The van der Waals surface area contributed by atoms with Crippen LogP contribution in [-0.2, 0) is 21.1 Å². The zero-order chi connectivity index (χ0) is 24.5. The fourth-order valence-corrected chi connectivity index (χ4v) is 4.43. The molecule has 1 atom stereocenters. The summed E-state index contributed by atoms with van der Waals surface area (Å²) in [6, 6.07) is 6.71. The number of ether oxygens (including phenoxy) is 1. The summed E-state index contributed by atoms with van der Waals surface area (Å²) in [5.41, 5.74) is 1.72. The lowest BCUT2D eigenvalue weighted by Crippen LogP contribution is -2.59. The Bertz CT molecular complexity index is 1040. The molecule has 2 fully saturated rings. The van der Waals surface area contributed by atoms with Crippen LogP contribution in [0.2, 0.25) is 0 Å². The van der Waals surface area contributed by atoms with Crippen molar-refractivity contribution >= 4 is 29.8 Å². The van der Waals surface area contributed by atoms with Gasteiger partial charge in [-0.2, -0.15) is 0 Å². The summed E-state index contributed by atoms with van der Waals surface area (Å²) in [4.78, 5) is 22.3. The third-order valence-electron chi connectivity index (χ3n) is 6.29. The van der Waals surface area contributed by atoms with Crippen molar-refractivity contribution in [3.63, 3.8) is 0 Å². The number of pyridine rings is 2. The van der Waals surface area contributed by atoms with Crippen molar-refractivity contribution in [1.29, 1.82) is 0 Å². The standard InChI is InChI=1S/C24H36BN5O4/c1-17-13-29(20-15-33-16-20)9-10-30(17)19-7-8-22(26-12-19)27-21-11-18(14-28(5)23(21)31)25(32-6)34-24(2,3)4/h7-8,11-12,14,17,20H,9-10,13,15-16H2,1-6H3,(H,26,27)/t17-/m0/s1. The largest absolute Gasteiger partial charge is 0.495 e. The summed E-state index contributed by atoms with van der Waals surface area (Å²) in [6.07, 6.45) is 3.61. The van der Waals surface area contributed by atoms with E-state index in [1.54, 1.807) is 26.4 Å². The van der Waals surface area contributed by atoms with Gasteiger partial charge in [-0.25, -0.2) is 4.98 Å². The van der Waals surface area contributed by atoms with E-state index in [1.165, 1.54) is 4.57 Å². The van der Waals surface area contributed by atoms with E-state index in [9.17, 15) is 4.79 Å². The van der Waals surface area contributed by atoms with Crippen molar-refractivity contribution in [3.8, 4) is 0 Å². The molecule has 34 heavy (non-hydrogen) atoms. The lowest BCUT2D eigenvalue weighted by Gasteiger charge is -2.46. The van der Waals surface area contributed by atoms with Crippen molar-refractivity contribution in [2.24, 2.45) is 7.05 Å². The smallest absolute Gasteiger partial charge is 0.410 e. The van der Waals surface area contributed by atoms with Crippen LogP contribution >= 0.6 is 0 Å².